The zero-order valence-corrected chi connectivity index (χ0v) is 16.6. The number of hydrogen-bond donors (Lipinski definition) is 1. The van der Waals surface area contributed by atoms with Crippen LogP contribution in [0.2, 0.25) is 0 Å². The summed E-state index contributed by atoms with van der Waals surface area (Å²) in [5, 5.41) is 0. The lowest BCUT2D eigenvalue weighted by Gasteiger charge is -2.33. The van der Waals surface area contributed by atoms with Gasteiger partial charge in [0.2, 0.25) is 10.0 Å². The highest BCUT2D eigenvalue weighted by atomic mass is 32.2. The Morgan fingerprint density at radius 2 is 2.08 bits per heavy atom. The van der Waals surface area contributed by atoms with Gasteiger partial charge in [-0.05, 0) is 42.8 Å². The number of nitrogens with zero attached hydrogens (tertiary/aromatic N) is 1. The van der Waals surface area contributed by atoms with Gasteiger partial charge in [-0.25, -0.2) is 13.1 Å². The molecule has 1 aliphatic rings. The van der Waals surface area contributed by atoms with Crippen LogP contribution in [0.4, 0.5) is 0 Å². The monoisotopic (exact) mass is 396 g/mol. The van der Waals surface area contributed by atoms with Crippen LogP contribution in [0.15, 0.2) is 45.9 Å². The molecule has 1 atom stereocenters. The molecule has 1 aliphatic heterocycles. The van der Waals surface area contributed by atoms with E-state index < -0.39 is 10.0 Å². The van der Waals surface area contributed by atoms with Crippen molar-refractivity contribution in [1.82, 2.24) is 9.62 Å². The van der Waals surface area contributed by atoms with E-state index in [9.17, 15) is 8.42 Å². The van der Waals surface area contributed by atoms with E-state index in [0.717, 1.165) is 30.4 Å². The third kappa shape index (κ3) is 4.43. The first-order valence-corrected chi connectivity index (χ1v) is 11.1. The lowest BCUT2D eigenvalue weighted by molar-refractivity contribution is 0.193. The molecule has 0 radical (unpaired) electrons. The minimum atomic E-state index is -3.62. The number of nitrogens with one attached hydrogen (secondary N) is 1. The maximum Gasteiger partial charge on any atom is 0.240 e. The molecule has 0 bridgehead atoms. The largest absolute Gasteiger partial charge is 0.497 e. The number of furan rings is 1. The van der Waals surface area contributed by atoms with Crippen molar-refractivity contribution in [3.05, 3.63) is 47.9 Å². The van der Waals surface area contributed by atoms with Crippen molar-refractivity contribution in [2.24, 2.45) is 0 Å². The highest BCUT2D eigenvalue weighted by molar-refractivity contribution is 7.99. The molecule has 3 rings (SSSR count). The summed E-state index contributed by atoms with van der Waals surface area (Å²) >= 11 is 1.92. The topological polar surface area (TPSA) is 71.8 Å². The summed E-state index contributed by atoms with van der Waals surface area (Å²) in [6.45, 7) is 3.87. The number of methoxy groups -OCH3 is 1. The molecule has 1 aromatic carbocycles. The molecule has 2 aromatic rings. The van der Waals surface area contributed by atoms with Crippen molar-refractivity contribution in [2.75, 3.05) is 38.2 Å². The van der Waals surface area contributed by atoms with Gasteiger partial charge in [0.05, 0.1) is 24.3 Å². The lowest BCUT2D eigenvalue weighted by Crippen LogP contribution is -2.42. The van der Waals surface area contributed by atoms with Crippen LogP contribution in [0.1, 0.15) is 17.4 Å². The van der Waals surface area contributed by atoms with E-state index in [0.29, 0.717) is 11.3 Å². The molecule has 26 heavy (non-hydrogen) atoms. The average molecular weight is 397 g/mol. The van der Waals surface area contributed by atoms with E-state index in [2.05, 4.69) is 9.62 Å². The third-order valence-electron chi connectivity index (χ3n) is 4.50. The molecule has 6 nitrogen and oxygen atoms in total. The van der Waals surface area contributed by atoms with Crippen LogP contribution in [-0.4, -0.2) is 51.6 Å². The molecule has 0 amide bonds. The zero-order valence-electron chi connectivity index (χ0n) is 15.0. The van der Waals surface area contributed by atoms with Crippen LogP contribution in [0.5, 0.6) is 5.75 Å². The molecule has 2 heterocycles. The zero-order chi connectivity index (χ0) is 18.6. The molecule has 1 N–H and O–H groups in total. The van der Waals surface area contributed by atoms with Crippen molar-refractivity contribution in [3.63, 3.8) is 0 Å². The summed E-state index contributed by atoms with van der Waals surface area (Å²) in [6, 6.07) is 8.59. The van der Waals surface area contributed by atoms with Crippen molar-refractivity contribution in [3.8, 4) is 5.75 Å². The molecule has 1 aromatic heterocycles. The van der Waals surface area contributed by atoms with Gasteiger partial charge in [-0.15, -0.1) is 0 Å². The molecule has 0 aliphatic carbocycles. The molecule has 1 fully saturated rings. The number of rotatable bonds is 7. The third-order valence-corrected chi connectivity index (χ3v) is 7.02. The second-order valence-corrected chi connectivity index (χ2v) is 9.12. The normalized spacial score (nSPS) is 17.2. The summed E-state index contributed by atoms with van der Waals surface area (Å²) in [6.07, 6.45) is 1.63. The summed E-state index contributed by atoms with van der Waals surface area (Å²) in [5.41, 5.74) is 0.653. The molecule has 1 saturated heterocycles. The molecule has 142 valence electrons. The Labute approximate surface area is 159 Å². The van der Waals surface area contributed by atoms with Crippen LogP contribution < -0.4 is 9.46 Å². The molecule has 0 spiro atoms. The second kappa shape index (κ2) is 8.47. The van der Waals surface area contributed by atoms with Gasteiger partial charge in [-0.2, -0.15) is 11.8 Å². The quantitative estimate of drug-likeness (QED) is 0.776. The van der Waals surface area contributed by atoms with Crippen LogP contribution >= 0.6 is 11.8 Å². The lowest BCUT2D eigenvalue weighted by atomic mass is 10.2. The minimum absolute atomic E-state index is 0.112. The number of hydrogen-bond acceptors (Lipinski definition) is 6. The summed E-state index contributed by atoms with van der Waals surface area (Å²) in [7, 11) is -2.06. The fourth-order valence-electron chi connectivity index (χ4n) is 3.10. The Morgan fingerprint density at radius 3 is 2.69 bits per heavy atom. The molecule has 0 saturated carbocycles. The number of benzene rings is 1. The van der Waals surface area contributed by atoms with E-state index >= 15 is 0 Å². The highest BCUT2D eigenvalue weighted by Crippen LogP contribution is 2.26. The van der Waals surface area contributed by atoms with Crippen molar-refractivity contribution < 1.29 is 17.6 Å². The van der Waals surface area contributed by atoms with Crippen LogP contribution in [0, 0.1) is 6.92 Å². The van der Waals surface area contributed by atoms with E-state index in [4.69, 9.17) is 9.15 Å². The summed E-state index contributed by atoms with van der Waals surface area (Å²) < 4.78 is 39.1. The van der Waals surface area contributed by atoms with Crippen molar-refractivity contribution in [1.29, 1.82) is 0 Å². The van der Waals surface area contributed by atoms with Gasteiger partial charge in [0.1, 0.15) is 11.5 Å². The molecule has 8 heteroatoms. The fourth-order valence-corrected chi connectivity index (χ4v) is 5.29. The van der Waals surface area contributed by atoms with Gasteiger partial charge < -0.3 is 9.15 Å². The molecular formula is C18H24N2O4S2. The van der Waals surface area contributed by atoms with E-state index in [-0.39, 0.29) is 17.5 Å². The summed E-state index contributed by atoms with van der Waals surface area (Å²) in [5.74, 6) is 3.51. The number of sulfonamides is 1. The molecule has 0 unspecified atom stereocenters. The van der Waals surface area contributed by atoms with Crippen molar-refractivity contribution >= 4 is 21.8 Å². The predicted octanol–water partition coefficient (Wildman–Crippen LogP) is 2.67. The number of thioether (sulfide) groups is 1. The first-order valence-electron chi connectivity index (χ1n) is 8.51. The second-order valence-electron chi connectivity index (χ2n) is 6.16. The highest BCUT2D eigenvalue weighted by Gasteiger charge is 2.27. The van der Waals surface area contributed by atoms with Crippen LogP contribution in [0.3, 0.4) is 0 Å². The average Bonchev–Trinajstić information content (AvgIpc) is 3.16. The number of aryl methyl sites for hydroxylation is 1. The van der Waals surface area contributed by atoms with Crippen molar-refractivity contribution in [2.45, 2.75) is 17.9 Å². The number of ether oxygens (including phenoxy) is 1. The Kier molecular flexibility index (Phi) is 6.29. The SMILES string of the molecule is COc1ccc(S(=O)(=O)NC[C@@H](c2ccco2)N2CCSCC2)c(C)c1. The van der Waals surface area contributed by atoms with Gasteiger partial charge in [0.15, 0.2) is 0 Å². The maximum absolute atomic E-state index is 12.8. The fraction of sp³-hybridized carbons (Fsp3) is 0.444. The van der Waals surface area contributed by atoms with E-state index in [1.165, 1.54) is 0 Å². The van der Waals surface area contributed by atoms with E-state index in [1.54, 1.807) is 38.5 Å². The van der Waals surface area contributed by atoms with Gasteiger partial charge in [0, 0.05) is 31.1 Å². The Morgan fingerprint density at radius 1 is 1.31 bits per heavy atom. The Hall–Kier alpha value is -1.48. The first kappa shape index (κ1) is 19.3. The van der Waals surface area contributed by atoms with Crippen LogP contribution in [0.25, 0.3) is 0 Å². The first-order chi connectivity index (χ1) is 12.5. The van der Waals surface area contributed by atoms with E-state index in [1.807, 2.05) is 23.9 Å². The Balaban J connectivity index is 1.77. The Bertz CT molecular complexity index is 816. The van der Waals surface area contributed by atoms with Gasteiger partial charge in [-0.1, -0.05) is 0 Å². The minimum Gasteiger partial charge on any atom is -0.497 e. The predicted molar refractivity (Wildman–Crippen MR) is 103 cm³/mol. The van der Waals surface area contributed by atoms with Gasteiger partial charge in [0.25, 0.3) is 0 Å². The molecular weight excluding hydrogens is 372 g/mol. The van der Waals surface area contributed by atoms with Gasteiger partial charge >= 0.3 is 0 Å². The smallest absolute Gasteiger partial charge is 0.240 e. The standard InChI is InChI=1S/C18H24N2O4S2/c1-14-12-15(23-2)5-6-18(14)26(21,22)19-13-16(17-4-3-9-24-17)20-7-10-25-11-8-20/h3-6,9,12,16,19H,7-8,10-11,13H2,1-2H3/t16-/m0/s1. The van der Waals surface area contributed by atoms with Crippen LogP contribution in [-0.2, 0) is 10.0 Å². The summed E-state index contributed by atoms with van der Waals surface area (Å²) in [4.78, 5) is 2.55. The maximum atomic E-state index is 12.8. The van der Waals surface area contributed by atoms with Gasteiger partial charge in [-0.3, -0.25) is 4.90 Å².